The Kier molecular flexibility index (Phi) is 4.28. The lowest BCUT2D eigenvalue weighted by Gasteiger charge is -1.99. The fourth-order valence-electron chi connectivity index (χ4n) is 1.38. The molecule has 3 nitrogen and oxygen atoms in total. The van der Waals surface area contributed by atoms with Crippen LogP contribution in [0.5, 0.6) is 0 Å². The summed E-state index contributed by atoms with van der Waals surface area (Å²) in [6.07, 6.45) is 1.83. The maximum atomic E-state index is 6.31. The molecular formula is C11H12ClN3P2. The van der Waals surface area contributed by atoms with E-state index in [1.807, 2.05) is 55.0 Å². The number of hydrogen-bond acceptors (Lipinski definition) is 2. The first-order chi connectivity index (χ1) is 8.16. The van der Waals surface area contributed by atoms with Crippen LogP contribution in [0, 0.1) is 6.92 Å². The maximum absolute atomic E-state index is 6.31. The number of halogens is 1. The van der Waals surface area contributed by atoms with Crippen LogP contribution in [-0.4, -0.2) is 15.8 Å². The molecule has 0 radical (unpaired) electrons. The zero-order chi connectivity index (χ0) is 12.3. The Morgan fingerprint density at radius 3 is 2.71 bits per heavy atom. The predicted molar refractivity (Wildman–Crippen MR) is 76.9 cm³/mol. The minimum Gasteiger partial charge on any atom is -0.249 e. The van der Waals surface area contributed by atoms with E-state index in [-0.39, 0.29) is 0 Å². The fraction of sp³-hybridized carbons (Fsp3) is 0.182. The van der Waals surface area contributed by atoms with Crippen LogP contribution >= 0.6 is 27.0 Å². The molecule has 0 aliphatic carbocycles. The van der Waals surface area contributed by atoms with Crippen molar-refractivity contribution in [2.24, 2.45) is 11.8 Å². The Morgan fingerprint density at radius 2 is 2.12 bits per heavy atom. The van der Waals surface area contributed by atoms with Crippen molar-refractivity contribution < 1.29 is 0 Å². The molecule has 0 aliphatic rings. The lowest BCUT2D eigenvalue weighted by molar-refractivity contribution is 0.825. The molecule has 0 spiro atoms. The van der Waals surface area contributed by atoms with Crippen LogP contribution in [0.2, 0.25) is 0 Å². The van der Waals surface area contributed by atoms with Gasteiger partial charge in [-0.1, -0.05) is 41.6 Å². The van der Waals surface area contributed by atoms with Gasteiger partial charge in [-0.15, -0.1) is 0 Å². The summed E-state index contributed by atoms with van der Waals surface area (Å²) in [6, 6.07) is 9.97. The van der Waals surface area contributed by atoms with Crippen molar-refractivity contribution in [2.75, 3.05) is 0 Å². The lowest BCUT2D eigenvalue weighted by atomic mass is 10.2. The van der Waals surface area contributed by atoms with E-state index in [0.29, 0.717) is 0 Å². The van der Waals surface area contributed by atoms with Gasteiger partial charge in [0.1, 0.15) is 7.43 Å². The molecule has 0 aliphatic heterocycles. The van der Waals surface area contributed by atoms with E-state index in [0.717, 1.165) is 24.6 Å². The Balaban J connectivity index is 2.14. The van der Waals surface area contributed by atoms with E-state index >= 15 is 0 Å². The first kappa shape index (κ1) is 12.7. The normalized spacial score (nSPS) is 13.6. The number of aromatic nitrogens is 2. The highest BCUT2D eigenvalue weighted by Crippen LogP contribution is 2.44. The molecule has 0 N–H and O–H groups in total. The number of aryl methyl sites for hydroxylation is 2. The molecule has 17 heavy (non-hydrogen) atoms. The van der Waals surface area contributed by atoms with Crippen LogP contribution in [0.1, 0.15) is 11.3 Å². The first-order valence-corrected chi connectivity index (χ1v) is 8.14. The number of rotatable bonds is 3. The summed E-state index contributed by atoms with van der Waals surface area (Å²) in [6.45, 7) is 1.97. The standard InChI is InChI=1S/C11H12ClN3P2/c1-9-11(16-15(2)14-9)17(12)13-8-10-6-4-3-5-7-10/h3-8H,1-2H3/b13-8+. The Hall–Kier alpha value is -0.750. The first-order valence-electron chi connectivity index (χ1n) is 5.09. The van der Waals surface area contributed by atoms with Gasteiger partial charge in [-0.2, -0.15) is 5.10 Å². The third kappa shape index (κ3) is 3.35. The molecule has 1 atom stereocenters. The molecule has 1 unspecified atom stereocenters. The van der Waals surface area contributed by atoms with Gasteiger partial charge in [0.15, 0.2) is 0 Å². The van der Waals surface area contributed by atoms with Gasteiger partial charge in [-0.3, -0.25) is 0 Å². The molecule has 6 heteroatoms. The highest BCUT2D eigenvalue weighted by Gasteiger charge is 2.13. The van der Waals surface area contributed by atoms with Gasteiger partial charge in [0.2, 0.25) is 0 Å². The average Bonchev–Trinajstić information content (AvgIpc) is 2.67. The zero-order valence-corrected chi connectivity index (χ0v) is 12.1. The molecule has 0 bridgehead atoms. The van der Waals surface area contributed by atoms with Gasteiger partial charge >= 0.3 is 0 Å². The molecule has 2 rings (SSSR count). The van der Waals surface area contributed by atoms with Gasteiger partial charge < -0.3 is 0 Å². The van der Waals surface area contributed by atoms with E-state index in [4.69, 9.17) is 11.2 Å². The predicted octanol–water partition coefficient (Wildman–Crippen LogP) is 3.60. The highest BCUT2D eigenvalue weighted by molar-refractivity contribution is 7.93. The van der Waals surface area contributed by atoms with Crippen LogP contribution < -0.4 is 5.04 Å². The summed E-state index contributed by atoms with van der Waals surface area (Å²) in [7, 11) is 1.97. The summed E-state index contributed by atoms with van der Waals surface area (Å²) in [5.74, 6) is 0. The molecular weight excluding hydrogens is 272 g/mol. The second-order valence-electron chi connectivity index (χ2n) is 3.51. The van der Waals surface area contributed by atoms with Crippen molar-refractivity contribution in [3.63, 3.8) is 0 Å². The SMILES string of the molecule is Cc1nn(C)pc1P(Cl)/N=C/c1ccccc1. The third-order valence-corrected chi connectivity index (χ3v) is 5.98. The minimum absolute atomic E-state index is 0.987. The molecule has 88 valence electrons. The number of hydrogen-bond donors (Lipinski definition) is 0. The third-order valence-electron chi connectivity index (χ3n) is 2.14. The van der Waals surface area contributed by atoms with Gasteiger partial charge in [0, 0.05) is 21.6 Å². The maximum Gasteiger partial charge on any atom is 0.150 e. The number of benzene rings is 1. The Labute approximate surface area is 108 Å². The molecule has 1 aromatic heterocycles. The van der Waals surface area contributed by atoms with Crippen LogP contribution in [-0.2, 0) is 7.05 Å². The van der Waals surface area contributed by atoms with E-state index in [1.165, 1.54) is 0 Å². The minimum atomic E-state index is -0.998. The summed E-state index contributed by atoms with van der Waals surface area (Å²) < 4.78 is 6.28. The van der Waals surface area contributed by atoms with Gasteiger partial charge in [0.25, 0.3) is 0 Å². The monoisotopic (exact) mass is 283 g/mol. The molecule has 2 aromatic rings. The quantitative estimate of drug-likeness (QED) is 0.625. The molecule has 0 saturated carbocycles. The summed E-state index contributed by atoms with van der Waals surface area (Å²) in [4.78, 5) is 0. The van der Waals surface area contributed by atoms with Gasteiger partial charge in [-0.25, -0.2) is 9.21 Å². The van der Waals surface area contributed by atoms with Crippen molar-refractivity contribution in [1.29, 1.82) is 0 Å². The Morgan fingerprint density at radius 1 is 1.41 bits per heavy atom. The van der Waals surface area contributed by atoms with Crippen molar-refractivity contribution in [3.8, 4) is 0 Å². The average molecular weight is 284 g/mol. The van der Waals surface area contributed by atoms with Crippen molar-refractivity contribution >= 4 is 38.3 Å². The second kappa shape index (κ2) is 5.73. The van der Waals surface area contributed by atoms with E-state index in [1.54, 1.807) is 0 Å². The van der Waals surface area contributed by atoms with Crippen LogP contribution in [0.25, 0.3) is 0 Å². The van der Waals surface area contributed by atoms with Crippen molar-refractivity contribution in [2.45, 2.75) is 6.92 Å². The zero-order valence-electron chi connectivity index (χ0n) is 9.58. The van der Waals surface area contributed by atoms with Gasteiger partial charge in [0.05, 0.1) is 10.7 Å². The van der Waals surface area contributed by atoms with Crippen molar-refractivity contribution in [1.82, 2.24) is 9.54 Å². The fourth-order valence-corrected chi connectivity index (χ4v) is 4.31. The summed E-state index contributed by atoms with van der Waals surface area (Å²) in [5.41, 5.74) is 2.05. The highest BCUT2D eigenvalue weighted by atomic mass is 35.7. The topological polar surface area (TPSA) is 30.2 Å². The Bertz CT molecular complexity index is 525. The molecule has 0 saturated heterocycles. The molecule has 0 fully saturated rings. The lowest BCUT2D eigenvalue weighted by Crippen LogP contribution is -1.93. The summed E-state index contributed by atoms with van der Waals surface area (Å²) >= 11 is 6.31. The van der Waals surface area contributed by atoms with Crippen LogP contribution in [0.4, 0.5) is 0 Å². The summed E-state index contributed by atoms with van der Waals surface area (Å²) in [5, 5.41) is 5.41. The van der Waals surface area contributed by atoms with E-state index < -0.39 is 7.43 Å². The smallest absolute Gasteiger partial charge is 0.150 e. The van der Waals surface area contributed by atoms with Gasteiger partial charge in [-0.05, 0) is 12.5 Å². The second-order valence-corrected chi connectivity index (χ2v) is 7.25. The van der Waals surface area contributed by atoms with Crippen LogP contribution in [0.15, 0.2) is 35.1 Å². The van der Waals surface area contributed by atoms with Crippen molar-refractivity contribution in [3.05, 3.63) is 41.6 Å². The molecule has 0 amide bonds. The largest absolute Gasteiger partial charge is 0.249 e. The van der Waals surface area contributed by atoms with E-state index in [9.17, 15) is 0 Å². The van der Waals surface area contributed by atoms with E-state index in [2.05, 4.69) is 9.86 Å². The molecule has 1 heterocycles. The van der Waals surface area contributed by atoms with Crippen LogP contribution in [0.3, 0.4) is 0 Å². The molecule has 1 aromatic carbocycles. The number of nitrogens with zero attached hydrogens (tertiary/aromatic N) is 3.